The molecule has 3 heterocycles. The first kappa shape index (κ1) is 36.7. The van der Waals surface area contributed by atoms with Crippen molar-refractivity contribution < 1.29 is 26.3 Å². The van der Waals surface area contributed by atoms with Crippen molar-refractivity contribution in [1.82, 2.24) is 14.1 Å². The number of fused-ring (bicyclic) bond motifs is 6. The lowest BCUT2D eigenvalue weighted by Gasteiger charge is -2.18. The summed E-state index contributed by atoms with van der Waals surface area (Å²) in [4.78, 5) is 5.12. The number of hydrogen-bond acceptors (Lipinski definition) is 2. The number of halogens is 6. The van der Waals surface area contributed by atoms with Crippen LogP contribution in [0.5, 0.6) is 0 Å². The molecule has 0 spiro atoms. The third-order valence-electron chi connectivity index (χ3n) is 11.0. The first-order chi connectivity index (χ1) is 29.0. The number of nitriles is 1. The van der Waals surface area contributed by atoms with Gasteiger partial charge < -0.3 is 9.13 Å². The quantitative estimate of drug-likeness (QED) is 0.163. The van der Waals surface area contributed by atoms with E-state index in [-0.39, 0.29) is 5.56 Å². The number of nitrogens with zero attached hydrogens (tertiary/aromatic N) is 4. The summed E-state index contributed by atoms with van der Waals surface area (Å²) in [6.45, 7) is 0. The maximum atomic E-state index is 14.1. The Balaban J connectivity index is 1.28. The van der Waals surface area contributed by atoms with Crippen molar-refractivity contribution in [2.75, 3.05) is 0 Å². The van der Waals surface area contributed by atoms with E-state index >= 15 is 0 Å². The average Bonchev–Trinajstić information content (AvgIpc) is 3.78. The molecule has 7 aromatic carbocycles. The van der Waals surface area contributed by atoms with E-state index < -0.39 is 23.5 Å². The largest absolute Gasteiger partial charge is 0.416 e. The molecule has 10 heteroatoms. The Morgan fingerprint density at radius 3 is 1.38 bits per heavy atom. The van der Waals surface area contributed by atoms with Crippen LogP contribution in [-0.2, 0) is 12.4 Å². The van der Waals surface area contributed by atoms with E-state index in [4.69, 9.17) is 4.98 Å². The van der Waals surface area contributed by atoms with E-state index in [1.54, 1.807) is 69.8 Å². The Bertz CT molecular complexity index is 3220. The molecule has 0 aliphatic carbocycles. The van der Waals surface area contributed by atoms with Crippen LogP contribution in [0, 0.1) is 11.3 Å². The van der Waals surface area contributed by atoms with E-state index in [0.29, 0.717) is 71.9 Å². The molecule has 0 atom stereocenters. The maximum Gasteiger partial charge on any atom is 0.416 e. The lowest BCUT2D eigenvalue weighted by Crippen LogP contribution is -2.07. The molecule has 0 aliphatic rings. The summed E-state index contributed by atoms with van der Waals surface area (Å²) in [5, 5.41) is 12.9. The predicted molar refractivity (Wildman–Crippen MR) is 224 cm³/mol. The molecule has 60 heavy (non-hydrogen) atoms. The van der Waals surface area contributed by atoms with Crippen LogP contribution < -0.4 is 0 Å². The van der Waals surface area contributed by atoms with Gasteiger partial charge in [-0.05, 0) is 90.0 Å². The zero-order valence-corrected chi connectivity index (χ0v) is 31.2. The van der Waals surface area contributed by atoms with Gasteiger partial charge in [0, 0.05) is 32.7 Å². The lowest BCUT2D eigenvalue weighted by atomic mass is 10.0. The van der Waals surface area contributed by atoms with Gasteiger partial charge in [-0.3, -0.25) is 0 Å². The third-order valence-corrected chi connectivity index (χ3v) is 11.0. The van der Waals surface area contributed by atoms with Crippen LogP contribution in [0.25, 0.3) is 88.6 Å². The van der Waals surface area contributed by atoms with Crippen molar-refractivity contribution in [2.24, 2.45) is 0 Å². The highest BCUT2D eigenvalue weighted by molar-refractivity contribution is 6.11. The van der Waals surface area contributed by atoms with Gasteiger partial charge in [-0.2, -0.15) is 31.6 Å². The van der Waals surface area contributed by atoms with E-state index in [9.17, 15) is 31.6 Å². The van der Waals surface area contributed by atoms with Gasteiger partial charge in [0.15, 0.2) is 0 Å². The molecule has 0 unspecified atom stereocenters. The zero-order chi connectivity index (χ0) is 41.3. The van der Waals surface area contributed by atoms with Gasteiger partial charge >= 0.3 is 12.4 Å². The van der Waals surface area contributed by atoms with Gasteiger partial charge in [-0.15, -0.1) is 0 Å². The van der Waals surface area contributed by atoms with Gasteiger partial charge in [0.25, 0.3) is 0 Å². The number of alkyl halides is 6. The molecule has 4 nitrogen and oxygen atoms in total. The molecule has 290 valence electrons. The normalized spacial score (nSPS) is 12.2. The number of pyridine rings is 1. The summed E-state index contributed by atoms with van der Waals surface area (Å²) in [5.41, 5.74) is 5.88. The summed E-state index contributed by atoms with van der Waals surface area (Å²) in [7, 11) is 0. The summed E-state index contributed by atoms with van der Waals surface area (Å²) < 4.78 is 88.2. The van der Waals surface area contributed by atoms with Crippen LogP contribution in [0.4, 0.5) is 26.3 Å². The first-order valence-electron chi connectivity index (χ1n) is 18.9. The van der Waals surface area contributed by atoms with Crippen LogP contribution in [0.3, 0.4) is 0 Å². The number of hydrogen-bond donors (Lipinski definition) is 0. The van der Waals surface area contributed by atoms with Gasteiger partial charge in [-0.25, -0.2) is 4.98 Å². The fourth-order valence-electron chi connectivity index (χ4n) is 8.29. The van der Waals surface area contributed by atoms with Crippen LogP contribution in [0.15, 0.2) is 170 Å². The Morgan fingerprint density at radius 2 is 0.850 bits per heavy atom. The monoisotopic (exact) mass is 798 g/mol. The van der Waals surface area contributed by atoms with Crippen molar-refractivity contribution in [2.45, 2.75) is 12.4 Å². The molecule has 10 aromatic rings. The average molecular weight is 799 g/mol. The van der Waals surface area contributed by atoms with Crippen LogP contribution in [0.2, 0.25) is 0 Å². The molecule has 3 aromatic heterocycles. The first-order valence-corrected chi connectivity index (χ1v) is 18.9. The molecule has 10 rings (SSSR count). The van der Waals surface area contributed by atoms with Crippen molar-refractivity contribution in [3.8, 4) is 51.1 Å². The van der Waals surface area contributed by atoms with Gasteiger partial charge in [0.2, 0.25) is 0 Å². The Morgan fingerprint density at radius 1 is 0.400 bits per heavy atom. The number of para-hydroxylation sites is 2. The standard InChI is InChI=1S/C50H28F6N4/c51-49(52,53)34-20-22-45-38(27-34)36-14-4-6-18-43(36)59(45)47-25-33(42-17-9-16-41(58-42)32-13-8-12-31(24-32)30-10-2-1-3-11-30)26-48(40(47)29-57)60-44-19-7-5-15-37(44)39-28-35(50(54,55)56)21-23-46(39)60/h1-28H. The van der Waals surface area contributed by atoms with Gasteiger partial charge in [-0.1, -0.05) is 91.0 Å². The SMILES string of the molecule is N#Cc1c(-n2c3ccccc3c3cc(C(F)(F)F)ccc32)cc(-c2cccc(-c3cccc(-c4ccccc4)c3)n2)cc1-n1c2ccccc2c2cc(C(F)(F)F)ccc21. The molecule has 0 amide bonds. The minimum absolute atomic E-state index is 0.149. The molecular weight excluding hydrogens is 771 g/mol. The molecule has 0 N–H and O–H groups in total. The summed E-state index contributed by atoms with van der Waals surface area (Å²) in [5.74, 6) is 0. The minimum Gasteiger partial charge on any atom is -0.308 e. The third kappa shape index (κ3) is 6.05. The molecular formula is C50H28F6N4. The fourth-order valence-corrected chi connectivity index (χ4v) is 8.29. The van der Waals surface area contributed by atoms with E-state index in [2.05, 4.69) is 12.1 Å². The highest BCUT2D eigenvalue weighted by Gasteiger charge is 2.33. The summed E-state index contributed by atoms with van der Waals surface area (Å²) in [6.07, 6.45) is -9.19. The van der Waals surface area contributed by atoms with Crippen molar-refractivity contribution in [3.05, 3.63) is 187 Å². The van der Waals surface area contributed by atoms with Gasteiger partial charge in [0.1, 0.15) is 11.6 Å². The zero-order valence-electron chi connectivity index (χ0n) is 31.2. The predicted octanol–water partition coefficient (Wildman–Crippen LogP) is 14.2. The highest BCUT2D eigenvalue weighted by atomic mass is 19.4. The van der Waals surface area contributed by atoms with E-state index in [1.807, 2.05) is 66.7 Å². The topological polar surface area (TPSA) is 46.5 Å². The Kier molecular flexibility index (Phi) is 8.40. The lowest BCUT2D eigenvalue weighted by molar-refractivity contribution is -0.138. The molecule has 0 aliphatic heterocycles. The van der Waals surface area contributed by atoms with Crippen molar-refractivity contribution >= 4 is 43.6 Å². The summed E-state index contributed by atoms with van der Waals surface area (Å²) in [6, 6.07) is 50.7. The molecule has 0 fully saturated rings. The Labute approximate surface area is 338 Å². The maximum absolute atomic E-state index is 14.1. The number of rotatable bonds is 5. The second kappa shape index (κ2) is 13.7. The van der Waals surface area contributed by atoms with Crippen molar-refractivity contribution in [1.29, 1.82) is 5.26 Å². The summed E-state index contributed by atoms with van der Waals surface area (Å²) >= 11 is 0. The van der Waals surface area contributed by atoms with E-state index in [1.165, 1.54) is 12.1 Å². The molecule has 0 saturated heterocycles. The number of aromatic nitrogens is 3. The van der Waals surface area contributed by atoms with Crippen molar-refractivity contribution in [3.63, 3.8) is 0 Å². The van der Waals surface area contributed by atoms with Gasteiger partial charge in [0.05, 0.1) is 56.0 Å². The minimum atomic E-state index is -4.60. The smallest absolute Gasteiger partial charge is 0.308 e. The van der Waals surface area contributed by atoms with E-state index in [0.717, 1.165) is 41.0 Å². The fraction of sp³-hybridized carbons (Fsp3) is 0.0400. The highest BCUT2D eigenvalue weighted by Crippen LogP contribution is 2.43. The molecule has 0 bridgehead atoms. The second-order valence-corrected chi connectivity index (χ2v) is 14.5. The number of benzene rings is 7. The van der Waals surface area contributed by atoms with Crippen LogP contribution in [-0.4, -0.2) is 14.1 Å². The van der Waals surface area contributed by atoms with Crippen LogP contribution >= 0.6 is 0 Å². The Hall–Kier alpha value is -7.64. The molecule has 0 radical (unpaired) electrons. The van der Waals surface area contributed by atoms with Crippen LogP contribution in [0.1, 0.15) is 16.7 Å². The second-order valence-electron chi connectivity index (χ2n) is 14.5. The molecule has 0 saturated carbocycles.